The van der Waals surface area contributed by atoms with Gasteiger partial charge in [0.15, 0.2) is 0 Å². The third-order valence-electron chi connectivity index (χ3n) is 4.03. The molecule has 0 atom stereocenters. The van der Waals surface area contributed by atoms with Crippen LogP contribution in [0.2, 0.25) is 0 Å². The largest absolute Gasteiger partial charge is 0.494 e. The van der Waals surface area contributed by atoms with Gasteiger partial charge in [-0.05, 0) is 73.1 Å². The molecule has 0 N–H and O–H groups in total. The Morgan fingerprint density at radius 2 is 1.74 bits per heavy atom. The van der Waals surface area contributed by atoms with Gasteiger partial charge in [-0.1, -0.05) is 0 Å². The first kappa shape index (κ1) is 18.7. The second kappa shape index (κ2) is 7.63. The number of hydrogen-bond donors (Lipinski definition) is 0. The summed E-state index contributed by atoms with van der Waals surface area (Å²) >= 11 is 0.856. The van der Waals surface area contributed by atoms with E-state index in [-0.39, 0.29) is 10.9 Å². The van der Waals surface area contributed by atoms with Gasteiger partial charge < -0.3 is 4.74 Å². The summed E-state index contributed by atoms with van der Waals surface area (Å²) < 4.78 is 5.37. The molecule has 2 amide bonds. The number of nitrogens with zero attached hydrogens (tertiary/aromatic N) is 2. The number of nitro benzene ring substituents is 1. The lowest BCUT2D eigenvalue weighted by Gasteiger charge is -2.13. The molecule has 1 heterocycles. The Labute approximate surface area is 159 Å². The van der Waals surface area contributed by atoms with Crippen molar-refractivity contribution in [3.63, 3.8) is 0 Å². The molecule has 27 heavy (non-hydrogen) atoms. The van der Waals surface area contributed by atoms with Crippen LogP contribution in [0.25, 0.3) is 5.57 Å². The summed E-state index contributed by atoms with van der Waals surface area (Å²) in [7, 11) is 0. The Kier molecular flexibility index (Phi) is 5.27. The zero-order valence-corrected chi connectivity index (χ0v) is 15.5. The van der Waals surface area contributed by atoms with E-state index < -0.39 is 10.8 Å². The highest BCUT2D eigenvalue weighted by atomic mass is 32.2. The molecule has 8 heteroatoms. The Morgan fingerprint density at radius 3 is 2.30 bits per heavy atom. The van der Waals surface area contributed by atoms with Crippen LogP contribution in [0.5, 0.6) is 5.75 Å². The van der Waals surface area contributed by atoms with E-state index in [1.165, 1.54) is 12.1 Å². The van der Waals surface area contributed by atoms with Gasteiger partial charge in [0.1, 0.15) is 5.75 Å². The van der Waals surface area contributed by atoms with Gasteiger partial charge in [-0.25, -0.2) is 4.90 Å². The van der Waals surface area contributed by atoms with Gasteiger partial charge in [-0.2, -0.15) is 0 Å². The number of thioether (sulfide) groups is 1. The van der Waals surface area contributed by atoms with Crippen LogP contribution in [0.15, 0.2) is 53.4 Å². The molecule has 0 radical (unpaired) electrons. The van der Waals surface area contributed by atoms with E-state index in [0.29, 0.717) is 34.1 Å². The van der Waals surface area contributed by atoms with Gasteiger partial charge in [0, 0.05) is 12.1 Å². The van der Waals surface area contributed by atoms with Crippen molar-refractivity contribution < 1.29 is 19.2 Å². The summed E-state index contributed by atoms with van der Waals surface area (Å²) in [5.41, 5.74) is 1.68. The monoisotopic (exact) mass is 384 g/mol. The van der Waals surface area contributed by atoms with Gasteiger partial charge >= 0.3 is 0 Å². The van der Waals surface area contributed by atoms with Crippen LogP contribution in [-0.4, -0.2) is 22.7 Å². The third kappa shape index (κ3) is 3.70. The van der Waals surface area contributed by atoms with E-state index in [2.05, 4.69) is 0 Å². The number of anilines is 1. The van der Waals surface area contributed by atoms with Crippen LogP contribution in [0.3, 0.4) is 0 Å². The van der Waals surface area contributed by atoms with Crippen molar-refractivity contribution in [1.29, 1.82) is 0 Å². The fraction of sp³-hybridized carbons (Fsp3) is 0.158. The molecule has 0 saturated carbocycles. The Balaban J connectivity index is 1.90. The number of amides is 2. The zero-order valence-electron chi connectivity index (χ0n) is 14.7. The van der Waals surface area contributed by atoms with Crippen molar-refractivity contribution in [3.8, 4) is 5.75 Å². The first-order valence-electron chi connectivity index (χ1n) is 8.17. The summed E-state index contributed by atoms with van der Waals surface area (Å²) in [6.07, 6.45) is 0. The molecule has 2 aromatic carbocycles. The number of allylic oxidation sites excluding steroid dienone is 1. The summed E-state index contributed by atoms with van der Waals surface area (Å²) in [4.78, 5) is 36.9. The Morgan fingerprint density at radius 1 is 1.11 bits per heavy atom. The predicted octanol–water partition coefficient (Wildman–Crippen LogP) is 4.62. The van der Waals surface area contributed by atoms with Gasteiger partial charge in [0.2, 0.25) is 0 Å². The molecule has 138 valence electrons. The molecule has 1 aliphatic heterocycles. The Hall–Kier alpha value is -3.13. The maximum Gasteiger partial charge on any atom is 0.298 e. The molecule has 7 nitrogen and oxygen atoms in total. The molecule has 1 fully saturated rings. The van der Waals surface area contributed by atoms with E-state index >= 15 is 0 Å². The average Bonchev–Trinajstić information content (AvgIpc) is 2.96. The standard InChI is InChI=1S/C19H16N2O5S/c1-3-26-16-10-8-14(9-11-16)20-18(22)17(27-19(20)23)12(2)13-4-6-15(7-5-13)21(24)25/h4-11H,3H2,1-2H3/b17-12-. The van der Waals surface area contributed by atoms with Crippen LogP contribution in [0.1, 0.15) is 19.4 Å². The second-order valence-electron chi connectivity index (χ2n) is 5.69. The van der Waals surface area contributed by atoms with Crippen LogP contribution < -0.4 is 9.64 Å². The minimum Gasteiger partial charge on any atom is -0.494 e. The predicted molar refractivity (Wildman–Crippen MR) is 104 cm³/mol. The van der Waals surface area contributed by atoms with Crippen molar-refractivity contribution in [2.24, 2.45) is 0 Å². The summed E-state index contributed by atoms with van der Waals surface area (Å²) in [6.45, 7) is 4.12. The van der Waals surface area contributed by atoms with Crippen LogP contribution in [0, 0.1) is 10.1 Å². The highest BCUT2D eigenvalue weighted by Crippen LogP contribution is 2.39. The first-order valence-corrected chi connectivity index (χ1v) is 8.99. The summed E-state index contributed by atoms with van der Waals surface area (Å²) in [5, 5.41) is 10.4. The number of rotatable bonds is 5. The summed E-state index contributed by atoms with van der Waals surface area (Å²) in [6, 6.07) is 12.6. The number of nitro groups is 1. The maximum atomic E-state index is 12.8. The average molecular weight is 384 g/mol. The zero-order chi connectivity index (χ0) is 19.6. The van der Waals surface area contributed by atoms with Crippen molar-refractivity contribution in [3.05, 3.63) is 69.1 Å². The van der Waals surface area contributed by atoms with E-state index in [4.69, 9.17) is 4.74 Å². The lowest BCUT2D eigenvalue weighted by molar-refractivity contribution is -0.384. The molecular weight excluding hydrogens is 368 g/mol. The number of benzene rings is 2. The number of hydrogen-bond acceptors (Lipinski definition) is 6. The minimum absolute atomic E-state index is 0.0333. The van der Waals surface area contributed by atoms with Crippen molar-refractivity contribution in [2.75, 3.05) is 11.5 Å². The highest BCUT2D eigenvalue weighted by Gasteiger charge is 2.37. The molecule has 0 aliphatic carbocycles. The number of non-ortho nitro benzene ring substituents is 1. The van der Waals surface area contributed by atoms with Gasteiger partial charge in [0.25, 0.3) is 16.8 Å². The van der Waals surface area contributed by atoms with Crippen LogP contribution >= 0.6 is 11.8 Å². The van der Waals surface area contributed by atoms with E-state index in [1.807, 2.05) is 6.92 Å². The van der Waals surface area contributed by atoms with Gasteiger partial charge in [0.05, 0.1) is 22.1 Å². The van der Waals surface area contributed by atoms with E-state index in [0.717, 1.165) is 16.7 Å². The molecule has 3 rings (SSSR count). The summed E-state index contributed by atoms with van der Waals surface area (Å²) in [5.74, 6) is 0.246. The maximum absolute atomic E-state index is 12.8. The smallest absolute Gasteiger partial charge is 0.298 e. The number of imide groups is 1. The van der Waals surface area contributed by atoms with Gasteiger partial charge in [-0.3, -0.25) is 19.7 Å². The van der Waals surface area contributed by atoms with Crippen molar-refractivity contribution in [2.45, 2.75) is 13.8 Å². The number of ether oxygens (including phenoxy) is 1. The lowest BCUT2D eigenvalue weighted by Crippen LogP contribution is -2.27. The molecule has 2 aromatic rings. The topological polar surface area (TPSA) is 89.8 Å². The second-order valence-corrected chi connectivity index (χ2v) is 6.66. The third-order valence-corrected chi connectivity index (χ3v) is 5.07. The molecule has 0 bridgehead atoms. The van der Waals surface area contributed by atoms with Crippen LogP contribution in [0.4, 0.5) is 16.2 Å². The molecule has 0 spiro atoms. The lowest BCUT2D eigenvalue weighted by atomic mass is 10.1. The number of carbonyl (C=O) groups excluding carboxylic acids is 2. The highest BCUT2D eigenvalue weighted by molar-refractivity contribution is 8.19. The molecule has 0 unspecified atom stereocenters. The van der Waals surface area contributed by atoms with E-state index in [1.54, 1.807) is 43.3 Å². The molecular formula is C19H16N2O5S. The van der Waals surface area contributed by atoms with Crippen molar-refractivity contribution >= 4 is 39.9 Å². The Bertz CT molecular complexity index is 936. The number of carbonyl (C=O) groups is 2. The SMILES string of the molecule is CCOc1ccc(N2C(=O)S/C(=C(/C)c3ccc([N+](=O)[O-])cc3)C2=O)cc1. The fourth-order valence-electron chi connectivity index (χ4n) is 2.64. The molecule has 1 aliphatic rings. The molecule has 1 saturated heterocycles. The first-order chi connectivity index (χ1) is 12.9. The fourth-order valence-corrected chi connectivity index (χ4v) is 3.55. The van der Waals surface area contributed by atoms with Crippen LogP contribution in [-0.2, 0) is 4.79 Å². The minimum atomic E-state index is -0.487. The van der Waals surface area contributed by atoms with E-state index in [9.17, 15) is 19.7 Å². The molecule has 0 aromatic heterocycles. The van der Waals surface area contributed by atoms with Gasteiger partial charge in [-0.15, -0.1) is 0 Å². The quantitative estimate of drug-likeness (QED) is 0.424. The normalized spacial score (nSPS) is 15.9. The van der Waals surface area contributed by atoms with Crippen molar-refractivity contribution in [1.82, 2.24) is 0 Å².